The van der Waals surface area contributed by atoms with Gasteiger partial charge in [-0.15, -0.1) is 0 Å². The lowest BCUT2D eigenvalue weighted by Crippen LogP contribution is -2.20. The smallest absolute Gasteiger partial charge is 0.176 e. The summed E-state index contributed by atoms with van der Waals surface area (Å²) in [5.74, 6) is -0.385. The number of nitrogens with one attached hydrogen (secondary N) is 2. The summed E-state index contributed by atoms with van der Waals surface area (Å²) in [6.07, 6.45) is 1.56. The van der Waals surface area contributed by atoms with Crippen LogP contribution in [0.1, 0.15) is 22.5 Å². The Morgan fingerprint density at radius 1 is 0.971 bits per heavy atom. The van der Waals surface area contributed by atoms with E-state index in [1.165, 1.54) is 22.9 Å². The van der Waals surface area contributed by atoms with Crippen molar-refractivity contribution in [1.29, 1.82) is 0 Å². The molecule has 0 spiro atoms. The summed E-state index contributed by atoms with van der Waals surface area (Å²) in [5.41, 5.74) is 3.58. The fraction of sp³-hybridized carbons (Fsp3) is 0.174. The number of nitrogens with zero attached hydrogens (tertiary/aromatic N) is 4. The average Bonchev–Trinajstić information content (AvgIpc) is 3.25. The molecule has 0 amide bonds. The molecule has 2 aromatic heterocycles. The van der Waals surface area contributed by atoms with E-state index in [9.17, 15) is 8.78 Å². The van der Waals surface area contributed by atoms with E-state index in [1.54, 1.807) is 30.5 Å². The van der Waals surface area contributed by atoms with Crippen molar-refractivity contribution in [2.24, 2.45) is 0 Å². The topological polar surface area (TPSA) is 59.7 Å². The van der Waals surface area contributed by atoms with Gasteiger partial charge in [0.15, 0.2) is 10.9 Å². The zero-order valence-corrected chi connectivity index (χ0v) is 20.6. The molecule has 0 unspecified atom stereocenters. The maximum atomic E-state index is 14.1. The lowest BCUT2D eigenvalue weighted by atomic mass is 10.2. The first-order chi connectivity index (χ1) is 16.2. The minimum Gasteiger partial charge on any atom is -0.329 e. The molecular weight excluding hydrogens is 501 g/mol. The van der Waals surface area contributed by atoms with Crippen LogP contribution in [-0.2, 0) is 13.1 Å². The molecule has 176 valence electrons. The van der Waals surface area contributed by atoms with Crippen molar-refractivity contribution in [2.75, 3.05) is 10.6 Å². The first-order valence-electron chi connectivity index (χ1n) is 10.2. The largest absolute Gasteiger partial charge is 0.329 e. The van der Waals surface area contributed by atoms with Crippen LogP contribution in [0.2, 0.25) is 10.0 Å². The average molecular weight is 521 g/mol. The number of thiocarbonyl (C=S) groups is 1. The SMILES string of the molecule is Cc1nn(Cc2ccc(F)cc2)c(C)c1NC(=S)Nc1nn(Cc2c(F)cccc2Cl)cc1Cl. The molecule has 0 aliphatic carbocycles. The minimum absolute atomic E-state index is 0.113. The molecule has 6 nitrogen and oxygen atoms in total. The molecule has 0 fully saturated rings. The summed E-state index contributed by atoms with van der Waals surface area (Å²) in [5, 5.41) is 15.9. The molecule has 4 rings (SSSR count). The van der Waals surface area contributed by atoms with Gasteiger partial charge in [-0.25, -0.2) is 8.78 Å². The lowest BCUT2D eigenvalue weighted by molar-refractivity contribution is 0.586. The molecule has 2 heterocycles. The molecule has 0 aliphatic heterocycles. The second-order valence-corrected chi connectivity index (χ2v) is 8.86. The Morgan fingerprint density at radius 3 is 2.41 bits per heavy atom. The predicted octanol–water partition coefficient (Wildman–Crippen LogP) is 6.19. The maximum absolute atomic E-state index is 14.1. The van der Waals surface area contributed by atoms with Crippen LogP contribution in [0.15, 0.2) is 48.7 Å². The van der Waals surface area contributed by atoms with Gasteiger partial charge in [0.2, 0.25) is 0 Å². The third-order valence-corrected chi connectivity index (χ3v) is 6.03. The monoisotopic (exact) mass is 520 g/mol. The Kier molecular flexibility index (Phi) is 7.16. The normalized spacial score (nSPS) is 11.0. The standard InChI is InChI=1S/C23H20Cl2F2N6S/c1-13-21(14(2)33(30-13)10-15-6-8-16(26)9-7-15)28-23(34)29-22-19(25)12-32(31-22)11-17-18(24)4-3-5-20(17)27/h3-9,12H,10-11H2,1-2H3,(H2,28,29,31,34). The van der Waals surface area contributed by atoms with Crippen LogP contribution in [0.3, 0.4) is 0 Å². The number of hydrogen-bond acceptors (Lipinski definition) is 3. The van der Waals surface area contributed by atoms with Gasteiger partial charge in [-0.1, -0.05) is 41.4 Å². The van der Waals surface area contributed by atoms with Gasteiger partial charge in [0.1, 0.15) is 16.7 Å². The minimum atomic E-state index is -0.422. The molecule has 0 aliphatic rings. The van der Waals surface area contributed by atoms with Gasteiger partial charge in [-0.3, -0.25) is 9.36 Å². The second-order valence-electron chi connectivity index (χ2n) is 7.63. The molecule has 2 N–H and O–H groups in total. The summed E-state index contributed by atoms with van der Waals surface area (Å²) in [4.78, 5) is 0. The molecule has 0 atom stereocenters. The van der Waals surface area contributed by atoms with Gasteiger partial charge in [0.05, 0.1) is 30.2 Å². The quantitative estimate of drug-likeness (QED) is 0.297. The van der Waals surface area contributed by atoms with Crippen molar-refractivity contribution in [2.45, 2.75) is 26.9 Å². The highest BCUT2D eigenvalue weighted by Gasteiger charge is 2.16. The number of benzene rings is 2. The van der Waals surface area contributed by atoms with E-state index in [0.29, 0.717) is 28.0 Å². The summed E-state index contributed by atoms with van der Waals surface area (Å²) >= 11 is 17.8. The highest BCUT2D eigenvalue weighted by molar-refractivity contribution is 7.80. The predicted molar refractivity (Wildman–Crippen MR) is 135 cm³/mol. The van der Waals surface area contributed by atoms with Gasteiger partial charge in [0.25, 0.3) is 0 Å². The van der Waals surface area contributed by atoms with Crippen LogP contribution < -0.4 is 10.6 Å². The van der Waals surface area contributed by atoms with Gasteiger partial charge >= 0.3 is 0 Å². The molecule has 2 aromatic carbocycles. The zero-order valence-electron chi connectivity index (χ0n) is 18.2. The molecule has 0 saturated carbocycles. The van der Waals surface area contributed by atoms with Crippen molar-refractivity contribution in [3.05, 3.63) is 92.9 Å². The number of aryl methyl sites for hydroxylation is 1. The summed E-state index contributed by atoms with van der Waals surface area (Å²) in [6, 6.07) is 10.8. The number of anilines is 2. The van der Waals surface area contributed by atoms with E-state index in [2.05, 4.69) is 20.8 Å². The van der Waals surface area contributed by atoms with E-state index >= 15 is 0 Å². The van der Waals surface area contributed by atoms with E-state index in [1.807, 2.05) is 18.5 Å². The Labute approximate surface area is 210 Å². The van der Waals surface area contributed by atoms with Crippen LogP contribution in [0.5, 0.6) is 0 Å². The third kappa shape index (κ3) is 5.38. The number of halogens is 4. The highest BCUT2D eigenvalue weighted by atomic mass is 35.5. The van der Waals surface area contributed by atoms with Gasteiger partial charge in [-0.2, -0.15) is 10.2 Å². The van der Waals surface area contributed by atoms with E-state index in [0.717, 1.165) is 22.6 Å². The van der Waals surface area contributed by atoms with Crippen LogP contribution in [0.25, 0.3) is 0 Å². The molecule has 0 bridgehead atoms. The van der Waals surface area contributed by atoms with Crippen LogP contribution in [0.4, 0.5) is 20.3 Å². The van der Waals surface area contributed by atoms with E-state index in [-0.39, 0.29) is 17.5 Å². The maximum Gasteiger partial charge on any atom is 0.176 e. The van der Waals surface area contributed by atoms with Crippen molar-refractivity contribution in [3.63, 3.8) is 0 Å². The Hall–Kier alpha value is -3.01. The van der Waals surface area contributed by atoms with Gasteiger partial charge in [0, 0.05) is 16.8 Å². The van der Waals surface area contributed by atoms with Gasteiger partial charge in [-0.05, 0) is 55.9 Å². The van der Waals surface area contributed by atoms with Crippen molar-refractivity contribution >= 4 is 52.0 Å². The van der Waals surface area contributed by atoms with Crippen molar-refractivity contribution in [3.8, 4) is 0 Å². The van der Waals surface area contributed by atoms with Crippen LogP contribution in [-0.4, -0.2) is 24.7 Å². The molecule has 4 aromatic rings. The zero-order chi connectivity index (χ0) is 24.4. The summed E-state index contributed by atoms with van der Waals surface area (Å²) in [7, 11) is 0. The van der Waals surface area contributed by atoms with Gasteiger partial charge < -0.3 is 10.6 Å². The van der Waals surface area contributed by atoms with Crippen LogP contribution >= 0.6 is 35.4 Å². The Morgan fingerprint density at radius 2 is 1.71 bits per heavy atom. The van der Waals surface area contributed by atoms with E-state index in [4.69, 9.17) is 35.4 Å². The first-order valence-corrected chi connectivity index (χ1v) is 11.4. The van der Waals surface area contributed by atoms with Crippen molar-refractivity contribution in [1.82, 2.24) is 19.6 Å². The summed E-state index contributed by atoms with van der Waals surface area (Å²) < 4.78 is 30.6. The van der Waals surface area contributed by atoms with Crippen LogP contribution in [0, 0.1) is 25.5 Å². The molecule has 34 heavy (non-hydrogen) atoms. The molecule has 0 radical (unpaired) electrons. The van der Waals surface area contributed by atoms with E-state index < -0.39 is 5.82 Å². The lowest BCUT2D eigenvalue weighted by Gasteiger charge is -2.10. The fourth-order valence-corrected chi connectivity index (χ4v) is 4.07. The second kappa shape index (κ2) is 10.1. The highest BCUT2D eigenvalue weighted by Crippen LogP contribution is 2.25. The van der Waals surface area contributed by atoms with Crippen molar-refractivity contribution < 1.29 is 8.78 Å². The summed E-state index contributed by atoms with van der Waals surface area (Å²) in [6.45, 7) is 4.37. The number of aromatic nitrogens is 4. The first kappa shape index (κ1) is 24.1. The molecule has 11 heteroatoms. The number of rotatable bonds is 6. The molecular formula is C23H20Cl2F2N6S. The third-order valence-electron chi connectivity index (χ3n) is 5.20. The molecule has 0 saturated heterocycles. The fourth-order valence-electron chi connectivity index (χ4n) is 3.45. The Balaban J connectivity index is 1.45. The Bertz CT molecular complexity index is 1330. The number of hydrogen-bond donors (Lipinski definition) is 2.